The first kappa shape index (κ1) is 17.7. The lowest BCUT2D eigenvalue weighted by Crippen LogP contribution is -2.47. The number of hydrogen-bond acceptors (Lipinski definition) is 4. The first-order chi connectivity index (χ1) is 11.0. The zero-order valence-electron chi connectivity index (χ0n) is 15.1. The first-order valence-corrected chi connectivity index (χ1v) is 8.63. The molecule has 0 spiro atoms. The van der Waals surface area contributed by atoms with Crippen LogP contribution in [-0.2, 0) is 13.0 Å². The predicted octanol–water partition coefficient (Wildman–Crippen LogP) is 0.734. The van der Waals surface area contributed by atoms with Crippen molar-refractivity contribution in [2.24, 2.45) is 10.9 Å². The second-order valence-corrected chi connectivity index (χ2v) is 6.57. The molecule has 0 amide bonds. The molecule has 1 aliphatic heterocycles. The van der Waals surface area contributed by atoms with Crippen LogP contribution in [0.25, 0.3) is 0 Å². The summed E-state index contributed by atoms with van der Waals surface area (Å²) in [5.74, 6) is 2.52. The molecule has 2 heterocycles. The predicted molar refractivity (Wildman–Crippen MR) is 93.6 cm³/mol. The topological polar surface area (TPSA) is 70.4 Å². The van der Waals surface area contributed by atoms with Crippen molar-refractivity contribution < 1.29 is 0 Å². The number of hydrogen-bond donors (Lipinski definition) is 2. The van der Waals surface area contributed by atoms with Gasteiger partial charge in [-0.25, -0.2) is 0 Å². The van der Waals surface area contributed by atoms with Crippen LogP contribution in [0.4, 0.5) is 0 Å². The van der Waals surface area contributed by atoms with Gasteiger partial charge >= 0.3 is 0 Å². The van der Waals surface area contributed by atoms with Crippen molar-refractivity contribution in [3.05, 3.63) is 12.2 Å². The van der Waals surface area contributed by atoms with E-state index >= 15 is 0 Å². The third-order valence-electron chi connectivity index (χ3n) is 4.57. The largest absolute Gasteiger partial charge is 0.355 e. The van der Waals surface area contributed by atoms with Crippen molar-refractivity contribution in [3.8, 4) is 0 Å². The van der Waals surface area contributed by atoms with Gasteiger partial charge in [-0.2, -0.15) is 0 Å². The van der Waals surface area contributed by atoms with Crippen molar-refractivity contribution in [1.82, 2.24) is 30.3 Å². The molecule has 7 nitrogen and oxygen atoms in total. The molecule has 0 bridgehead atoms. The summed E-state index contributed by atoms with van der Waals surface area (Å²) in [5, 5.41) is 15.0. The van der Waals surface area contributed by atoms with E-state index in [1.54, 1.807) is 6.33 Å². The Morgan fingerprint density at radius 1 is 1.43 bits per heavy atom. The van der Waals surface area contributed by atoms with Crippen molar-refractivity contribution >= 4 is 5.96 Å². The summed E-state index contributed by atoms with van der Waals surface area (Å²) in [6.07, 6.45) is 2.69. The quantitative estimate of drug-likeness (QED) is 0.597. The van der Waals surface area contributed by atoms with E-state index in [-0.39, 0.29) is 0 Å². The number of aliphatic imine (C=N–C) groups is 1. The molecule has 0 radical (unpaired) electrons. The highest BCUT2D eigenvalue weighted by Crippen LogP contribution is 2.18. The van der Waals surface area contributed by atoms with Crippen molar-refractivity contribution in [1.29, 1.82) is 0 Å². The van der Waals surface area contributed by atoms with Gasteiger partial charge in [0.05, 0.1) is 0 Å². The number of likely N-dealkylation sites (tertiary alicyclic amines) is 1. The Labute approximate surface area is 139 Å². The van der Waals surface area contributed by atoms with Gasteiger partial charge in [-0.05, 0) is 19.8 Å². The van der Waals surface area contributed by atoms with Crippen LogP contribution in [-0.4, -0.2) is 64.4 Å². The van der Waals surface area contributed by atoms with Crippen LogP contribution >= 0.6 is 0 Å². The second-order valence-electron chi connectivity index (χ2n) is 6.57. The Morgan fingerprint density at radius 2 is 2.22 bits per heavy atom. The molecule has 130 valence electrons. The van der Waals surface area contributed by atoms with E-state index in [1.807, 2.05) is 7.05 Å². The second kappa shape index (κ2) is 8.29. The Bertz CT molecular complexity index is 508. The number of rotatable bonds is 6. The van der Waals surface area contributed by atoms with Crippen LogP contribution in [0, 0.1) is 5.92 Å². The SMILES string of the molecule is CCc1nncn1CCNC(=NC)NC1CN(C(C)C)CC1C. The molecule has 1 aliphatic rings. The van der Waals surface area contributed by atoms with Gasteiger partial charge < -0.3 is 15.2 Å². The average molecular weight is 321 g/mol. The highest BCUT2D eigenvalue weighted by molar-refractivity contribution is 5.80. The molecule has 0 aliphatic carbocycles. The summed E-state index contributed by atoms with van der Waals surface area (Å²) < 4.78 is 2.08. The molecule has 1 aromatic heterocycles. The van der Waals surface area contributed by atoms with Gasteiger partial charge in [-0.1, -0.05) is 13.8 Å². The molecule has 2 atom stereocenters. The smallest absolute Gasteiger partial charge is 0.191 e. The van der Waals surface area contributed by atoms with Gasteiger partial charge in [-0.3, -0.25) is 9.89 Å². The maximum Gasteiger partial charge on any atom is 0.191 e. The van der Waals surface area contributed by atoms with E-state index < -0.39 is 0 Å². The maximum atomic E-state index is 4.35. The Balaban J connectivity index is 1.80. The number of guanidine groups is 1. The van der Waals surface area contributed by atoms with Crippen LogP contribution in [0.15, 0.2) is 11.3 Å². The highest BCUT2D eigenvalue weighted by Gasteiger charge is 2.31. The lowest BCUT2D eigenvalue weighted by Gasteiger charge is -2.22. The van der Waals surface area contributed by atoms with Crippen LogP contribution < -0.4 is 10.6 Å². The molecule has 2 N–H and O–H groups in total. The molecule has 2 unspecified atom stereocenters. The Hall–Kier alpha value is -1.63. The molecule has 23 heavy (non-hydrogen) atoms. The third kappa shape index (κ3) is 4.67. The van der Waals surface area contributed by atoms with Crippen LogP contribution in [0.5, 0.6) is 0 Å². The monoisotopic (exact) mass is 321 g/mol. The molecule has 7 heteroatoms. The Kier molecular flexibility index (Phi) is 6.38. The molecule has 0 aromatic carbocycles. The van der Waals surface area contributed by atoms with Gasteiger partial charge in [0.2, 0.25) is 0 Å². The van der Waals surface area contributed by atoms with E-state index in [9.17, 15) is 0 Å². The van der Waals surface area contributed by atoms with Gasteiger partial charge in [-0.15, -0.1) is 10.2 Å². The fourth-order valence-corrected chi connectivity index (χ4v) is 3.02. The molecule has 1 aromatic rings. The number of nitrogens with one attached hydrogen (secondary N) is 2. The van der Waals surface area contributed by atoms with Crippen molar-refractivity contribution in [3.63, 3.8) is 0 Å². The summed E-state index contributed by atoms with van der Waals surface area (Å²) in [7, 11) is 1.82. The van der Waals surface area contributed by atoms with Gasteiger partial charge in [0, 0.05) is 51.7 Å². The van der Waals surface area contributed by atoms with E-state index in [0.29, 0.717) is 18.0 Å². The van der Waals surface area contributed by atoms with Crippen LogP contribution in [0.2, 0.25) is 0 Å². The number of aromatic nitrogens is 3. The highest BCUT2D eigenvalue weighted by atomic mass is 15.3. The first-order valence-electron chi connectivity index (χ1n) is 8.63. The van der Waals surface area contributed by atoms with E-state index in [1.165, 1.54) is 0 Å². The third-order valence-corrected chi connectivity index (χ3v) is 4.57. The minimum absolute atomic E-state index is 0.449. The Morgan fingerprint density at radius 3 is 2.83 bits per heavy atom. The normalized spacial score (nSPS) is 22.8. The van der Waals surface area contributed by atoms with E-state index in [0.717, 1.165) is 44.4 Å². The van der Waals surface area contributed by atoms with Gasteiger partial charge in [0.15, 0.2) is 5.96 Å². The molecular formula is C16H31N7. The maximum absolute atomic E-state index is 4.35. The van der Waals surface area contributed by atoms with Crippen molar-refractivity contribution in [2.45, 2.75) is 52.7 Å². The molecule has 0 saturated carbocycles. The molecular weight excluding hydrogens is 290 g/mol. The fourth-order valence-electron chi connectivity index (χ4n) is 3.02. The van der Waals surface area contributed by atoms with Crippen LogP contribution in [0.3, 0.4) is 0 Å². The minimum Gasteiger partial charge on any atom is -0.355 e. The zero-order chi connectivity index (χ0) is 16.8. The van der Waals surface area contributed by atoms with Crippen LogP contribution in [0.1, 0.15) is 33.5 Å². The van der Waals surface area contributed by atoms with Gasteiger partial charge in [0.25, 0.3) is 0 Å². The van der Waals surface area contributed by atoms with E-state index in [2.05, 4.69) is 63.0 Å². The fraction of sp³-hybridized carbons (Fsp3) is 0.812. The summed E-state index contributed by atoms with van der Waals surface area (Å²) in [4.78, 5) is 6.87. The molecule has 1 fully saturated rings. The number of aryl methyl sites for hydroxylation is 1. The molecule has 1 saturated heterocycles. The summed E-state index contributed by atoms with van der Waals surface area (Å²) >= 11 is 0. The lowest BCUT2D eigenvalue weighted by atomic mass is 10.1. The summed E-state index contributed by atoms with van der Waals surface area (Å²) in [5.41, 5.74) is 0. The summed E-state index contributed by atoms with van der Waals surface area (Å²) in [6, 6.07) is 1.05. The standard InChI is InChI=1S/C16H31N7/c1-6-15-21-19-11-22(15)8-7-18-16(17-5)20-14-10-23(12(2)3)9-13(14)4/h11-14H,6-10H2,1-5H3,(H2,17,18,20). The lowest BCUT2D eigenvalue weighted by molar-refractivity contribution is 0.265. The van der Waals surface area contributed by atoms with Crippen molar-refractivity contribution in [2.75, 3.05) is 26.7 Å². The minimum atomic E-state index is 0.449. The molecule has 2 rings (SSSR count). The zero-order valence-corrected chi connectivity index (χ0v) is 15.1. The van der Waals surface area contributed by atoms with E-state index in [4.69, 9.17) is 0 Å². The number of nitrogens with zero attached hydrogens (tertiary/aromatic N) is 5. The van der Waals surface area contributed by atoms with Gasteiger partial charge in [0.1, 0.15) is 12.2 Å². The summed E-state index contributed by atoms with van der Waals surface area (Å²) in [6.45, 7) is 12.8. The average Bonchev–Trinajstić information content (AvgIpc) is 3.13.